The van der Waals surface area contributed by atoms with Gasteiger partial charge in [-0.05, 0) is 18.6 Å². The Morgan fingerprint density at radius 3 is 2.96 bits per heavy atom. The van der Waals surface area contributed by atoms with E-state index < -0.39 is 0 Å². The topological polar surface area (TPSA) is 71.8 Å². The molecule has 1 aliphatic heterocycles. The number of nitrogens with zero attached hydrogens (tertiary/aromatic N) is 4. The van der Waals surface area contributed by atoms with Crippen LogP contribution in [0.25, 0.3) is 5.65 Å². The molecule has 1 fully saturated rings. The molecule has 0 unspecified atom stereocenters. The lowest BCUT2D eigenvalue weighted by atomic mass is 10.3. The first-order chi connectivity index (χ1) is 12.2. The second-order valence-corrected chi connectivity index (χ2v) is 6.84. The number of anilines is 1. The van der Waals surface area contributed by atoms with Crippen molar-refractivity contribution in [3.63, 3.8) is 0 Å². The molecular formula is C17H19N5O2S. The molecule has 1 N–H and O–H groups in total. The van der Waals surface area contributed by atoms with E-state index in [-0.39, 0.29) is 5.91 Å². The molecule has 1 aliphatic rings. The standard InChI is InChI=1S/C17H19N5O2S/c1-12-2-3-15-20-14(10-22(15)9-12)16(23)18-8-13-11-25-17(19-13)21-4-6-24-7-5-21/h2-3,9-11H,4-8H2,1H3,(H,18,23). The molecule has 0 bridgehead atoms. The summed E-state index contributed by atoms with van der Waals surface area (Å²) in [6.07, 6.45) is 3.70. The highest BCUT2D eigenvalue weighted by Gasteiger charge is 2.15. The quantitative estimate of drug-likeness (QED) is 0.772. The van der Waals surface area contributed by atoms with Crippen molar-refractivity contribution >= 4 is 28.0 Å². The van der Waals surface area contributed by atoms with Crippen molar-refractivity contribution in [3.05, 3.63) is 46.9 Å². The first-order valence-electron chi connectivity index (χ1n) is 8.20. The summed E-state index contributed by atoms with van der Waals surface area (Å²) < 4.78 is 7.22. The van der Waals surface area contributed by atoms with E-state index in [1.54, 1.807) is 17.5 Å². The Labute approximate surface area is 149 Å². The van der Waals surface area contributed by atoms with Crippen LogP contribution >= 0.6 is 11.3 Å². The minimum absolute atomic E-state index is 0.192. The second kappa shape index (κ2) is 6.81. The Balaban J connectivity index is 1.40. The van der Waals surface area contributed by atoms with Crippen molar-refractivity contribution in [1.29, 1.82) is 0 Å². The largest absolute Gasteiger partial charge is 0.378 e. The van der Waals surface area contributed by atoms with Crippen molar-refractivity contribution in [2.45, 2.75) is 13.5 Å². The Morgan fingerprint density at radius 1 is 1.28 bits per heavy atom. The number of aromatic nitrogens is 3. The first kappa shape index (κ1) is 16.0. The van der Waals surface area contributed by atoms with Crippen LogP contribution in [0.15, 0.2) is 29.9 Å². The van der Waals surface area contributed by atoms with Gasteiger partial charge >= 0.3 is 0 Å². The van der Waals surface area contributed by atoms with Crippen LogP contribution in [-0.2, 0) is 11.3 Å². The molecule has 1 amide bonds. The van der Waals surface area contributed by atoms with Gasteiger partial charge in [-0.15, -0.1) is 11.3 Å². The molecule has 0 aliphatic carbocycles. The van der Waals surface area contributed by atoms with Crippen LogP contribution in [0, 0.1) is 6.92 Å². The Bertz CT molecular complexity index is 897. The van der Waals surface area contributed by atoms with Crippen molar-refractivity contribution in [1.82, 2.24) is 19.7 Å². The average molecular weight is 357 g/mol. The molecule has 0 aromatic carbocycles. The van der Waals surface area contributed by atoms with Gasteiger partial charge in [0.25, 0.3) is 5.91 Å². The lowest BCUT2D eigenvalue weighted by molar-refractivity contribution is 0.0946. The number of carbonyl (C=O) groups is 1. The van der Waals surface area contributed by atoms with E-state index in [2.05, 4.69) is 20.2 Å². The van der Waals surface area contributed by atoms with Crippen LogP contribution in [-0.4, -0.2) is 46.6 Å². The third-order valence-electron chi connectivity index (χ3n) is 4.08. The van der Waals surface area contributed by atoms with Crippen molar-refractivity contribution < 1.29 is 9.53 Å². The predicted octanol–water partition coefficient (Wildman–Crippen LogP) is 1.87. The zero-order chi connectivity index (χ0) is 17.2. The molecule has 25 heavy (non-hydrogen) atoms. The fraction of sp³-hybridized carbons (Fsp3) is 0.353. The Hall–Kier alpha value is -2.45. The molecule has 1 saturated heterocycles. The van der Waals surface area contributed by atoms with E-state index in [1.165, 1.54) is 0 Å². The van der Waals surface area contributed by atoms with E-state index in [9.17, 15) is 4.79 Å². The number of hydrogen-bond acceptors (Lipinski definition) is 6. The summed E-state index contributed by atoms with van der Waals surface area (Å²) in [4.78, 5) is 23.5. The number of carbonyl (C=O) groups excluding carboxylic acids is 1. The molecule has 0 atom stereocenters. The maximum atomic E-state index is 12.3. The number of thiazole rings is 1. The number of imidazole rings is 1. The van der Waals surface area contributed by atoms with E-state index in [0.29, 0.717) is 12.2 Å². The third kappa shape index (κ3) is 3.49. The Morgan fingerprint density at radius 2 is 2.12 bits per heavy atom. The summed E-state index contributed by atoms with van der Waals surface area (Å²) in [5.74, 6) is -0.192. The second-order valence-electron chi connectivity index (χ2n) is 6.00. The predicted molar refractivity (Wildman–Crippen MR) is 96.2 cm³/mol. The van der Waals surface area contributed by atoms with Crippen LogP contribution in [0.3, 0.4) is 0 Å². The minimum atomic E-state index is -0.192. The third-order valence-corrected chi connectivity index (χ3v) is 5.03. The highest BCUT2D eigenvalue weighted by molar-refractivity contribution is 7.13. The number of hydrogen-bond donors (Lipinski definition) is 1. The van der Waals surface area contributed by atoms with Crippen LogP contribution in [0.1, 0.15) is 21.7 Å². The van der Waals surface area contributed by atoms with Gasteiger partial charge in [0.2, 0.25) is 0 Å². The van der Waals surface area contributed by atoms with Gasteiger partial charge in [0, 0.05) is 30.9 Å². The number of nitrogens with one attached hydrogen (secondary N) is 1. The number of fused-ring (bicyclic) bond motifs is 1. The van der Waals surface area contributed by atoms with Crippen LogP contribution < -0.4 is 10.2 Å². The maximum absolute atomic E-state index is 12.3. The van der Waals surface area contributed by atoms with Gasteiger partial charge in [-0.2, -0.15) is 0 Å². The van der Waals surface area contributed by atoms with Gasteiger partial charge in [-0.25, -0.2) is 9.97 Å². The Kier molecular flexibility index (Phi) is 4.37. The molecule has 130 valence electrons. The maximum Gasteiger partial charge on any atom is 0.271 e. The molecule has 3 aromatic rings. The summed E-state index contributed by atoms with van der Waals surface area (Å²) in [7, 11) is 0. The van der Waals surface area contributed by atoms with E-state index >= 15 is 0 Å². The summed E-state index contributed by atoms with van der Waals surface area (Å²) in [5, 5.41) is 5.86. The minimum Gasteiger partial charge on any atom is -0.378 e. The van der Waals surface area contributed by atoms with Crippen molar-refractivity contribution in [3.8, 4) is 0 Å². The zero-order valence-corrected chi connectivity index (χ0v) is 14.8. The molecule has 8 heteroatoms. The average Bonchev–Trinajstić information content (AvgIpc) is 3.27. The van der Waals surface area contributed by atoms with E-state index in [1.807, 2.05) is 35.0 Å². The molecule has 0 radical (unpaired) electrons. The number of aryl methyl sites for hydroxylation is 1. The number of ether oxygens (including phenoxy) is 1. The molecule has 0 spiro atoms. The molecule has 3 aromatic heterocycles. The highest BCUT2D eigenvalue weighted by atomic mass is 32.1. The van der Waals surface area contributed by atoms with E-state index in [0.717, 1.165) is 48.3 Å². The van der Waals surface area contributed by atoms with Gasteiger partial charge < -0.3 is 19.4 Å². The van der Waals surface area contributed by atoms with Crippen molar-refractivity contribution in [2.24, 2.45) is 0 Å². The SMILES string of the molecule is Cc1ccc2nc(C(=O)NCc3csc(N4CCOCC4)n3)cn2c1. The van der Waals surface area contributed by atoms with Gasteiger partial charge in [0.1, 0.15) is 11.3 Å². The molecular weight excluding hydrogens is 338 g/mol. The molecule has 4 rings (SSSR count). The van der Waals surface area contributed by atoms with Gasteiger partial charge in [-0.3, -0.25) is 4.79 Å². The van der Waals surface area contributed by atoms with Gasteiger partial charge in [-0.1, -0.05) is 6.07 Å². The summed E-state index contributed by atoms with van der Waals surface area (Å²) in [6.45, 7) is 5.60. The van der Waals surface area contributed by atoms with Crippen LogP contribution in [0.5, 0.6) is 0 Å². The summed E-state index contributed by atoms with van der Waals surface area (Å²) >= 11 is 1.60. The number of morpholine rings is 1. The van der Waals surface area contributed by atoms with Gasteiger partial charge in [0.15, 0.2) is 5.13 Å². The van der Waals surface area contributed by atoms with Gasteiger partial charge in [0.05, 0.1) is 25.5 Å². The monoisotopic (exact) mass is 357 g/mol. The van der Waals surface area contributed by atoms with Crippen LogP contribution in [0.2, 0.25) is 0 Å². The number of amides is 1. The smallest absolute Gasteiger partial charge is 0.271 e. The number of pyridine rings is 1. The number of rotatable bonds is 4. The summed E-state index contributed by atoms with van der Waals surface area (Å²) in [5.41, 5.74) is 3.16. The fourth-order valence-electron chi connectivity index (χ4n) is 2.75. The van der Waals surface area contributed by atoms with E-state index in [4.69, 9.17) is 4.74 Å². The lowest BCUT2D eigenvalue weighted by Crippen LogP contribution is -2.36. The normalized spacial score (nSPS) is 14.8. The zero-order valence-electron chi connectivity index (χ0n) is 13.9. The lowest BCUT2D eigenvalue weighted by Gasteiger charge is -2.26. The van der Waals surface area contributed by atoms with Crippen molar-refractivity contribution in [2.75, 3.05) is 31.2 Å². The molecule has 4 heterocycles. The summed E-state index contributed by atoms with van der Waals surface area (Å²) in [6, 6.07) is 3.88. The molecule has 0 saturated carbocycles. The fourth-order valence-corrected chi connectivity index (χ4v) is 3.63. The first-order valence-corrected chi connectivity index (χ1v) is 9.08. The highest BCUT2D eigenvalue weighted by Crippen LogP contribution is 2.21. The van der Waals surface area contributed by atoms with Crippen LogP contribution in [0.4, 0.5) is 5.13 Å². The molecule has 7 nitrogen and oxygen atoms in total.